The van der Waals surface area contributed by atoms with Gasteiger partial charge in [-0.05, 0) is 31.9 Å². The van der Waals surface area contributed by atoms with Crippen molar-refractivity contribution < 1.29 is 14.4 Å². The number of aryl methyl sites for hydroxylation is 1. The van der Waals surface area contributed by atoms with E-state index in [1.54, 1.807) is 6.92 Å². The molecule has 28 heavy (non-hydrogen) atoms. The molecule has 2 saturated heterocycles. The summed E-state index contributed by atoms with van der Waals surface area (Å²) in [5, 5.41) is 2.59. The van der Waals surface area contributed by atoms with Gasteiger partial charge < -0.3 is 20.0 Å². The number of amides is 3. The normalized spacial score (nSPS) is 19.7. The summed E-state index contributed by atoms with van der Waals surface area (Å²) >= 11 is 0. The second-order valence-corrected chi connectivity index (χ2v) is 7.54. The predicted molar refractivity (Wildman–Crippen MR) is 106 cm³/mol. The number of likely N-dealkylation sites (tertiary alicyclic amines) is 1. The lowest BCUT2D eigenvalue weighted by Crippen LogP contribution is -2.48. The zero-order valence-corrected chi connectivity index (χ0v) is 16.9. The van der Waals surface area contributed by atoms with E-state index in [4.69, 9.17) is 4.98 Å². The third kappa shape index (κ3) is 4.61. The van der Waals surface area contributed by atoms with Crippen LogP contribution in [0.3, 0.4) is 0 Å². The average Bonchev–Trinajstić information content (AvgIpc) is 3.15. The zero-order valence-electron chi connectivity index (χ0n) is 16.9. The zero-order chi connectivity index (χ0) is 20.3. The Morgan fingerprint density at radius 2 is 1.82 bits per heavy atom. The highest BCUT2D eigenvalue weighted by molar-refractivity contribution is 5.84. The minimum absolute atomic E-state index is 0.0253. The topological polar surface area (TPSA) is 85.9 Å². The minimum atomic E-state index is -0.204. The van der Waals surface area contributed by atoms with E-state index in [-0.39, 0.29) is 30.3 Å². The first-order chi connectivity index (χ1) is 13.3. The largest absolute Gasteiger partial charge is 0.368 e. The van der Waals surface area contributed by atoms with Gasteiger partial charge in [-0.2, -0.15) is 0 Å². The van der Waals surface area contributed by atoms with Crippen molar-refractivity contribution in [1.29, 1.82) is 0 Å². The Kier molecular flexibility index (Phi) is 6.16. The number of nitrogens with zero attached hydrogens (tertiary/aromatic N) is 4. The fourth-order valence-electron chi connectivity index (χ4n) is 3.98. The van der Waals surface area contributed by atoms with Crippen molar-refractivity contribution in [3.8, 4) is 0 Å². The standard InChI is InChI=1S/C20H29N5O3/c1-14-11-17(24-9-7-23(8-10-24)16(3)27)12-18(22-14)19-5-4-6-25(19)20(28)13-21-15(2)26/h11-12,19H,4-10,13H2,1-3H3,(H,21,26)/t19-/m0/s1. The van der Waals surface area contributed by atoms with Crippen molar-refractivity contribution >= 4 is 23.4 Å². The first kappa shape index (κ1) is 20.1. The Bertz CT molecular complexity index is 758. The summed E-state index contributed by atoms with van der Waals surface area (Å²) in [6, 6.07) is 4.08. The van der Waals surface area contributed by atoms with Crippen molar-refractivity contribution in [2.24, 2.45) is 0 Å². The molecule has 8 heteroatoms. The summed E-state index contributed by atoms with van der Waals surface area (Å²) in [5.74, 6) is -0.159. The number of hydrogen-bond donors (Lipinski definition) is 1. The molecule has 2 aliphatic heterocycles. The molecule has 8 nitrogen and oxygen atoms in total. The lowest BCUT2D eigenvalue weighted by atomic mass is 10.1. The maximum atomic E-state index is 12.5. The van der Waals surface area contributed by atoms with Gasteiger partial charge in [-0.3, -0.25) is 19.4 Å². The van der Waals surface area contributed by atoms with E-state index in [1.165, 1.54) is 6.92 Å². The molecule has 0 spiro atoms. The van der Waals surface area contributed by atoms with E-state index in [0.717, 1.165) is 56.1 Å². The minimum Gasteiger partial charge on any atom is -0.368 e. The summed E-state index contributed by atoms with van der Waals surface area (Å²) in [6.45, 7) is 8.72. The molecule has 3 rings (SSSR count). The number of anilines is 1. The third-order valence-corrected chi connectivity index (χ3v) is 5.45. The van der Waals surface area contributed by atoms with Gasteiger partial charge in [-0.15, -0.1) is 0 Å². The molecule has 3 heterocycles. The van der Waals surface area contributed by atoms with Crippen molar-refractivity contribution in [3.63, 3.8) is 0 Å². The summed E-state index contributed by atoms with van der Waals surface area (Å²) in [4.78, 5) is 45.9. The average molecular weight is 387 g/mol. The number of rotatable bonds is 4. The number of nitrogens with one attached hydrogen (secondary N) is 1. The second kappa shape index (κ2) is 8.58. The smallest absolute Gasteiger partial charge is 0.242 e. The van der Waals surface area contributed by atoms with Gasteiger partial charge >= 0.3 is 0 Å². The van der Waals surface area contributed by atoms with Crippen LogP contribution >= 0.6 is 0 Å². The van der Waals surface area contributed by atoms with Gasteiger partial charge in [0.05, 0.1) is 18.3 Å². The van der Waals surface area contributed by atoms with Crippen LogP contribution in [0.5, 0.6) is 0 Å². The monoisotopic (exact) mass is 387 g/mol. The number of aromatic nitrogens is 1. The number of piperazine rings is 1. The molecule has 1 aromatic rings. The first-order valence-corrected chi connectivity index (χ1v) is 9.88. The Balaban J connectivity index is 1.74. The fraction of sp³-hybridized carbons (Fsp3) is 0.600. The molecular formula is C20H29N5O3. The highest BCUT2D eigenvalue weighted by Crippen LogP contribution is 2.33. The van der Waals surface area contributed by atoms with Crippen LogP contribution in [0.1, 0.15) is 44.1 Å². The first-order valence-electron chi connectivity index (χ1n) is 9.88. The molecule has 1 aromatic heterocycles. The fourth-order valence-corrected chi connectivity index (χ4v) is 3.98. The molecule has 0 radical (unpaired) electrons. The Hall–Kier alpha value is -2.64. The van der Waals surface area contributed by atoms with Crippen LogP contribution in [-0.2, 0) is 14.4 Å². The lowest BCUT2D eigenvalue weighted by Gasteiger charge is -2.36. The molecule has 2 fully saturated rings. The number of carbonyl (C=O) groups excluding carboxylic acids is 3. The van der Waals surface area contributed by atoms with Gasteiger partial charge in [-0.1, -0.05) is 0 Å². The molecule has 1 N–H and O–H groups in total. The van der Waals surface area contributed by atoms with Gasteiger partial charge in [0, 0.05) is 58.0 Å². The van der Waals surface area contributed by atoms with E-state index in [2.05, 4.69) is 22.3 Å². The molecule has 3 amide bonds. The number of carbonyl (C=O) groups is 3. The number of hydrogen-bond acceptors (Lipinski definition) is 5. The van der Waals surface area contributed by atoms with E-state index < -0.39 is 0 Å². The molecule has 0 unspecified atom stereocenters. The summed E-state index contributed by atoms with van der Waals surface area (Å²) in [6.07, 6.45) is 1.80. The molecule has 0 aliphatic carbocycles. The lowest BCUT2D eigenvalue weighted by molar-refractivity contribution is -0.133. The Labute approximate surface area is 165 Å². The summed E-state index contributed by atoms with van der Waals surface area (Å²) < 4.78 is 0. The van der Waals surface area contributed by atoms with Crippen molar-refractivity contribution in [2.45, 2.75) is 39.7 Å². The molecule has 1 atom stereocenters. The van der Waals surface area contributed by atoms with Gasteiger partial charge in [0.15, 0.2) is 0 Å². The van der Waals surface area contributed by atoms with Crippen molar-refractivity contribution in [3.05, 3.63) is 23.5 Å². The third-order valence-electron chi connectivity index (χ3n) is 5.45. The van der Waals surface area contributed by atoms with Crippen LogP contribution in [-0.4, -0.2) is 71.8 Å². The second-order valence-electron chi connectivity index (χ2n) is 7.54. The van der Waals surface area contributed by atoms with Gasteiger partial charge in [0.25, 0.3) is 0 Å². The maximum Gasteiger partial charge on any atom is 0.242 e. The van der Waals surface area contributed by atoms with Crippen LogP contribution in [0.25, 0.3) is 0 Å². The molecule has 152 valence electrons. The molecule has 2 aliphatic rings. The maximum absolute atomic E-state index is 12.5. The molecular weight excluding hydrogens is 358 g/mol. The van der Waals surface area contributed by atoms with E-state index in [9.17, 15) is 14.4 Å². The van der Waals surface area contributed by atoms with E-state index in [1.807, 2.05) is 16.7 Å². The van der Waals surface area contributed by atoms with Crippen LogP contribution in [0.4, 0.5) is 5.69 Å². The van der Waals surface area contributed by atoms with Crippen LogP contribution < -0.4 is 10.2 Å². The molecule has 0 bridgehead atoms. The van der Waals surface area contributed by atoms with E-state index in [0.29, 0.717) is 6.54 Å². The highest BCUT2D eigenvalue weighted by atomic mass is 16.2. The predicted octanol–water partition coefficient (Wildman–Crippen LogP) is 0.858. The Morgan fingerprint density at radius 1 is 1.11 bits per heavy atom. The quantitative estimate of drug-likeness (QED) is 0.828. The van der Waals surface area contributed by atoms with Gasteiger partial charge in [0.1, 0.15) is 0 Å². The van der Waals surface area contributed by atoms with Crippen molar-refractivity contribution in [1.82, 2.24) is 20.1 Å². The van der Waals surface area contributed by atoms with Crippen LogP contribution in [0.2, 0.25) is 0 Å². The summed E-state index contributed by atoms with van der Waals surface area (Å²) in [5.41, 5.74) is 2.91. The van der Waals surface area contributed by atoms with Gasteiger partial charge in [-0.25, -0.2) is 0 Å². The number of pyridine rings is 1. The van der Waals surface area contributed by atoms with Crippen molar-refractivity contribution in [2.75, 3.05) is 44.2 Å². The molecule has 0 aromatic carbocycles. The van der Waals surface area contributed by atoms with E-state index >= 15 is 0 Å². The summed E-state index contributed by atoms with van der Waals surface area (Å²) in [7, 11) is 0. The SMILES string of the molecule is CC(=O)NCC(=O)N1CCC[C@H]1c1cc(N2CCN(C(C)=O)CC2)cc(C)n1. The van der Waals surface area contributed by atoms with Gasteiger partial charge in [0.2, 0.25) is 17.7 Å². The Morgan fingerprint density at radius 3 is 2.46 bits per heavy atom. The molecule has 0 saturated carbocycles. The highest BCUT2D eigenvalue weighted by Gasteiger charge is 2.31. The van der Waals surface area contributed by atoms with Crippen LogP contribution in [0.15, 0.2) is 12.1 Å². The van der Waals surface area contributed by atoms with Crippen LogP contribution in [0, 0.1) is 6.92 Å².